The van der Waals surface area contributed by atoms with Crippen molar-refractivity contribution in [2.75, 3.05) is 6.61 Å². The van der Waals surface area contributed by atoms with Crippen LogP contribution in [0.25, 0.3) is 0 Å². The van der Waals surface area contributed by atoms with Crippen LogP contribution in [-0.4, -0.2) is 24.0 Å². The molecule has 20 heavy (non-hydrogen) atoms. The summed E-state index contributed by atoms with van der Waals surface area (Å²) in [4.78, 5) is 25.0. The molecule has 1 N–H and O–H groups in total. The molecule has 4 nitrogen and oxygen atoms in total. The minimum absolute atomic E-state index is 0.216. The van der Waals surface area contributed by atoms with Gasteiger partial charge in [-0.05, 0) is 70.5 Å². The summed E-state index contributed by atoms with van der Waals surface area (Å²) < 4.78 is 6.83. The molecule has 0 aliphatic heterocycles. The highest BCUT2D eigenvalue weighted by atomic mass is 79.9. The van der Waals surface area contributed by atoms with E-state index in [0.29, 0.717) is 24.3 Å². The van der Waals surface area contributed by atoms with Gasteiger partial charge in [0.2, 0.25) is 0 Å². The van der Waals surface area contributed by atoms with Crippen LogP contribution in [0.1, 0.15) is 41.4 Å². The Labute approximate surface area is 138 Å². The molecule has 1 fully saturated rings. The van der Waals surface area contributed by atoms with Crippen LogP contribution in [0.5, 0.6) is 0 Å². The minimum Gasteiger partial charge on any atom is -0.464 e. The molecule has 1 heterocycles. The first-order valence-corrected chi connectivity index (χ1v) is 8.75. The quantitative estimate of drug-likeness (QED) is 0.748. The van der Waals surface area contributed by atoms with Gasteiger partial charge in [-0.1, -0.05) is 0 Å². The fraction of sp³-hybridized carbons (Fsp3) is 0.538. The van der Waals surface area contributed by atoms with E-state index in [1.807, 2.05) is 6.92 Å². The second-order valence-electron chi connectivity index (χ2n) is 4.75. The fourth-order valence-corrected chi connectivity index (χ4v) is 4.30. The fourth-order valence-electron chi connectivity index (χ4n) is 2.13. The zero-order chi connectivity index (χ0) is 14.9. The van der Waals surface area contributed by atoms with Gasteiger partial charge in [0.1, 0.15) is 5.54 Å². The van der Waals surface area contributed by atoms with Crippen molar-refractivity contribution in [3.8, 4) is 0 Å². The van der Waals surface area contributed by atoms with E-state index in [1.165, 1.54) is 11.3 Å². The van der Waals surface area contributed by atoms with E-state index in [-0.39, 0.29) is 11.9 Å². The Morgan fingerprint density at radius 2 is 2.05 bits per heavy atom. The highest BCUT2D eigenvalue weighted by Crippen LogP contribution is 2.38. The van der Waals surface area contributed by atoms with E-state index in [2.05, 4.69) is 37.2 Å². The molecule has 0 spiro atoms. The predicted octanol–water partition coefficient (Wildman–Crippen LogP) is 3.80. The lowest BCUT2D eigenvalue weighted by molar-refractivity contribution is -0.154. The maximum absolute atomic E-state index is 12.4. The topological polar surface area (TPSA) is 55.4 Å². The highest BCUT2D eigenvalue weighted by Gasteiger charge is 2.47. The monoisotopic (exact) mass is 423 g/mol. The van der Waals surface area contributed by atoms with Gasteiger partial charge < -0.3 is 10.1 Å². The van der Waals surface area contributed by atoms with Crippen molar-refractivity contribution in [1.29, 1.82) is 0 Å². The van der Waals surface area contributed by atoms with Crippen LogP contribution in [-0.2, 0) is 9.53 Å². The molecule has 110 valence electrons. The first kappa shape index (κ1) is 16.0. The SMILES string of the molecule is CCOC(=O)C1(NC(=O)c2sc(Br)c(Br)c2C)CCC1. The third kappa shape index (κ3) is 2.80. The number of esters is 1. The molecular formula is C13H15Br2NO3S. The number of thiophene rings is 1. The predicted molar refractivity (Wildman–Crippen MR) is 85.1 cm³/mol. The Hall–Kier alpha value is -0.400. The lowest BCUT2D eigenvalue weighted by Crippen LogP contribution is -2.59. The van der Waals surface area contributed by atoms with Crippen molar-refractivity contribution in [1.82, 2.24) is 5.32 Å². The largest absolute Gasteiger partial charge is 0.464 e. The molecule has 1 saturated carbocycles. The van der Waals surface area contributed by atoms with Gasteiger partial charge in [-0.25, -0.2) is 4.79 Å². The van der Waals surface area contributed by atoms with Gasteiger partial charge in [-0.15, -0.1) is 11.3 Å². The van der Waals surface area contributed by atoms with Crippen LogP contribution >= 0.6 is 43.2 Å². The van der Waals surface area contributed by atoms with Crippen LogP contribution in [0.15, 0.2) is 8.26 Å². The zero-order valence-electron chi connectivity index (χ0n) is 11.2. The number of nitrogens with one attached hydrogen (secondary N) is 1. The molecule has 7 heteroatoms. The zero-order valence-corrected chi connectivity index (χ0v) is 15.2. The Kier molecular flexibility index (Phi) is 4.92. The van der Waals surface area contributed by atoms with E-state index in [4.69, 9.17) is 4.74 Å². The summed E-state index contributed by atoms with van der Waals surface area (Å²) in [5, 5.41) is 2.87. The second kappa shape index (κ2) is 6.15. The lowest BCUT2D eigenvalue weighted by atomic mass is 9.76. The maximum Gasteiger partial charge on any atom is 0.331 e. The number of halogens is 2. The number of carbonyl (C=O) groups is 2. The molecule has 1 aromatic rings. The smallest absolute Gasteiger partial charge is 0.331 e. The molecule has 1 amide bonds. The van der Waals surface area contributed by atoms with Crippen LogP contribution in [0.3, 0.4) is 0 Å². The number of ether oxygens (including phenoxy) is 1. The van der Waals surface area contributed by atoms with Gasteiger partial charge >= 0.3 is 5.97 Å². The molecule has 0 radical (unpaired) electrons. The van der Waals surface area contributed by atoms with Crippen molar-refractivity contribution in [2.45, 2.75) is 38.6 Å². The number of carbonyl (C=O) groups excluding carboxylic acids is 2. The van der Waals surface area contributed by atoms with E-state index in [0.717, 1.165) is 20.2 Å². The summed E-state index contributed by atoms with van der Waals surface area (Å²) in [5.41, 5.74) is 0.0420. The van der Waals surface area contributed by atoms with Crippen molar-refractivity contribution < 1.29 is 14.3 Å². The van der Waals surface area contributed by atoms with E-state index in [9.17, 15) is 9.59 Å². The van der Waals surface area contributed by atoms with Gasteiger partial charge in [0.15, 0.2) is 0 Å². The summed E-state index contributed by atoms with van der Waals surface area (Å²) in [5.74, 6) is -0.543. The Morgan fingerprint density at radius 1 is 1.40 bits per heavy atom. The van der Waals surface area contributed by atoms with Crippen LogP contribution in [0.2, 0.25) is 0 Å². The average molecular weight is 425 g/mol. The Morgan fingerprint density at radius 3 is 2.45 bits per heavy atom. The summed E-state index contributed by atoms with van der Waals surface area (Å²) in [6, 6.07) is 0. The molecule has 1 aliphatic rings. The molecule has 0 atom stereocenters. The molecule has 1 aliphatic carbocycles. The van der Waals surface area contributed by atoms with Crippen LogP contribution in [0.4, 0.5) is 0 Å². The van der Waals surface area contributed by atoms with Gasteiger partial charge in [0, 0.05) is 4.47 Å². The van der Waals surface area contributed by atoms with Crippen molar-refractivity contribution >= 4 is 55.1 Å². The Bertz CT molecular complexity index is 552. The van der Waals surface area contributed by atoms with Gasteiger partial charge in [0.25, 0.3) is 5.91 Å². The molecule has 0 saturated heterocycles. The van der Waals surface area contributed by atoms with E-state index >= 15 is 0 Å². The van der Waals surface area contributed by atoms with Crippen molar-refractivity contribution in [3.63, 3.8) is 0 Å². The number of hydrogen-bond acceptors (Lipinski definition) is 4. The summed E-state index contributed by atoms with van der Waals surface area (Å²) in [6.07, 6.45) is 2.21. The summed E-state index contributed by atoms with van der Waals surface area (Å²) >= 11 is 8.18. The van der Waals surface area contributed by atoms with E-state index in [1.54, 1.807) is 6.92 Å². The molecule has 0 unspecified atom stereocenters. The van der Waals surface area contributed by atoms with Gasteiger partial charge in [-0.3, -0.25) is 4.79 Å². The van der Waals surface area contributed by atoms with E-state index < -0.39 is 5.54 Å². The van der Waals surface area contributed by atoms with Gasteiger partial charge in [0.05, 0.1) is 15.3 Å². The number of amides is 1. The van der Waals surface area contributed by atoms with Crippen molar-refractivity contribution in [3.05, 3.63) is 18.7 Å². The molecule has 0 bridgehead atoms. The lowest BCUT2D eigenvalue weighted by Gasteiger charge is -2.39. The molecule has 1 aromatic heterocycles. The molecule has 0 aromatic carbocycles. The van der Waals surface area contributed by atoms with Gasteiger partial charge in [-0.2, -0.15) is 0 Å². The van der Waals surface area contributed by atoms with Crippen LogP contribution < -0.4 is 5.32 Å². The normalized spacial score (nSPS) is 16.4. The average Bonchev–Trinajstić information content (AvgIpc) is 2.61. The summed E-state index contributed by atoms with van der Waals surface area (Å²) in [6.45, 7) is 3.97. The highest BCUT2D eigenvalue weighted by molar-refractivity contribution is 9.13. The third-order valence-corrected chi connectivity index (χ3v) is 7.21. The maximum atomic E-state index is 12.4. The molecule has 2 rings (SSSR count). The molecular weight excluding hydrogens is 410 g/mol. The summed E-state index contributed by atoms with van der Waals surface area (Å²) in [7, 11) is 0. The Balaban J connectivity index is 2.17. The minimum atomic E-state index is -0.831. The first-order chi connectivity index (χ1) is 9.41. The standard InChI is InChI=1S/C13H15Br2NO3S/c1-3-19-12(18)13(5-4-6-13)16-11(17)9-7(2)8(14)10(15)20-9/h3-6H2,1-2H3,(H,16,17). The first-order valence-electron chi connectivity index (χ1n) is 6.35. The number of hydrogen-bond donors (Lipinski definition) is 1. The number of rotatable bonds is 4. The second-order valence-corrected chi connectivity index (χ2v) is 7.89. The third-order valence-electron chi connectivity index (χ3n) is 3.47. The van der Waals surface area contributed by atoms with Crippen LogP contribution in [0, 0.1) is 6.92 Å². The van der Waals surface area contributed by atoms with Crippen molar-refractivity contribution in [2.24, 2.45) is 0 Å².